The largest absolute Gasteiger partial charge is 0.478 e. The van der Waals surface area contributed by atoms with E-state index in [1.165, 1.54) is 12.1 Å². The Hall–Kier alpha value is -3.15. The summed E-state index contributed by atoms with van der Waals surface area (Å²) in [6.45, 7) is 2.68. The van der Waals surface area contributed by atoms with Gasteiger partial charge in [0.05, 0.1) is 23.8 Å². The van der Waals surface area contributed by atoms with Crippen LogP contribution in [-0.2, 0) is 10.9 Å². The first kappa shape index (κ1) is 24.5. The number of alkyl halides is 3. The number of hydrogen-bond donors (Lipinski definition) is 1. The van der Waals surface area contributed by atoms with Crippen LogP contribution in [0.1, 0.15) is 31.9 Å². The van der Waals surface area contributed by atoms with Crippen LogP contribution in [0, 0.1) is 15.5 Å². The average molecular weight is 469 g/mol. The van der Waals surface area contributed by atoms with Gasteiger partial charge in [-0.05, 0) is 31.9 Å². The summed E-state index contributed by atoms with van der Waals surface area (Å²) in [5.74, 6) is -0.624. The van der Waals surface area contributed by atoms with E-state index < -0.39 is 28.3 Å². The van der Waals surface area contributed by atoms with Crippen molar-refractivity contribution in [2.24, 2.45) is 5.41 Å². The first-order valence-electron chi connectivity index (χ1n) is 10.4. The van der Waals surface area contributed by atoms with E-state index in [9.17, 15) is 23.3 Å². The van der Waals surface area contributed by atoms with E-state index in [2.05, 4.69) is 9.97 Å². The van der Waals surface area contributed by atoms with Crippen molar-refractivity contribution in [1.29, 1.82) is 0 Å². The van der Waals surface area contributed by atoms with Crippen molar-refractivity contribution < 1.29 is 27.6 Å². The maximum Gasteiger partial charge on any atom is 0.433 e. The highest BCUT2D eigenvalue weighted by molar-refractivity contribution is 5.79. The number of nitrogens with two attached hydrogens (primary N) is 1. The maximum absolute atomic E-state index is 13.4. The van der Waals surface area contributed by atoms with Gasteiger partial charge in [0.25, 0.3) is 0 Å². The van der Waals surface area contributed by atoms with Gasteiger partial charge in [-0.2, -0.15) is 13.2 Å². The topological polar surface area (TPSA) is 117 Å². The first-order chi connectivity index (χ1) is 15.5. The second-order valence-electron chi connectivity index (χ2n) is 8.17. The van der Waals surface area contributed by atoms with Crippen LogP contribution in [0.25, 0.3) is 11.3 Å². The number of pyridine rings is 2. The van der Waals surface area contributed by atoms with Crippen molar-refractivity contribution in [1.82, 2.24) is 9.97 Å². The molecule has 0 spiro atoms. The number of rotatable bonds is 9. The molecule has 1 aliphatic carbocycles. The summed E-state index contributed by atoms with van der Waals surface area (Å²) in [5, 5.41) is 11.8. The normalized spacial score (nSPS) is 15.1. The third kappa shape index (κ3) is 5.27. The Morgan fingerprint density at radius 3 is 2.48 bits per heavy atom. The van der Waals surface area contributed by atoms with Crippen LogP contribution in [-0.4, -0.2) is 48.8 Å². The summed E-state index contributed by atoms with van der Waals surface area (Å²) < 4.78 is 50.7. The molecule has 0 bridgehead atoms. The highest BCUT2D eigenvalue weighted by Crippen LogP contribution is 2.44. The third-order valence-electron chi connectivity index (χ3n) is 5.71. The van der Waals surface area contributed by atoms with Gasteiger partial charge >= 0.3 is 11.9 Å². The van der Waals surface area contributed by atoms with Crippen molar-refractivity contribution in [2.45, 2.75) is 32.4 Å². The van der Waals surface area contributed by atoms with E-state index in [0.29, 0.717) is 13.2 Å². The van der Waals surface area contributed by atoms with Crippen LogP contribution in [0.3, 0.4) is 0 Å². The molecule has 3 rings (SSSR count). The van der Waals surface area contributed by atoms with Crippen molar-refractivity contribution in [3.8, 4) is 17.1 Å². The minimum atomic E-state index is -4.72. The summed E-state index contributed by atoms with van der Waals surface area (Å²) >= 11 is 0. The molecule has 2 aromatic heterocycles. The van der Waals surface area contributed by atoms with Crippen molar-refractivity contribution in [2.75, 3.05) is 44.5 Å². The van der Waals surface area contributed by atoms with Crippen molar-refractivity contribution in [3.05, 3.63) is 34.0 Å². The Kier molecular flexibility index (Phi) is 6.96. The third-order valence-corrected chi connectivity index (χ3v) is 5.71. The lowest BCUT2D eigenvalue weighted by Crippen LogP contribution is -2.44. The number of nitrogen functional groups attached to an aromatic ring is 1. The fraction of sp³-hybridized carbons (Fsp3) is 0.524. The van der Waals surface area contributed by atoms with Gasteiger partial charge in [-0.1, -0.05) is 6.42 Å². The van der Waals surface area contributed by atoms with Gasteiger partial charge in [0.2, 0.25) is 11.7 Å². The monoisotopic (exact) mass is 469 g/mol. The Morgan fingerprint density at radius 1 is 1.27 bits per heavy atom. The van der Waals surface area contributed by atoms with E-state index in [-0.39, 0.29) is 34.8 Å². The number of ether oxygens (including phenoxy) is 2. The molecule has 2 heterocycles. The summed E-state index contributed by atoms with van der Waals surface area (Å²) in [5.41, 5.74) is 4.44. The molecule has 9 nitrogen and oxygen atoms in total. The van der Waals surface area contributed by atoms with Crippen LogP contribution >= 0.6 is 0 Å². The molecule has 0 radical (unpaired) electrons. The van der Waals surface area contributed by atoms with E-state index in [4.69, 9.17) is 15.2 Å². The summed E-state index contributed by atoms with van der Waals surface area (Å²) in [6.07, 6.45) is -1.88. The molecule has 0 aromatic carbocycles. The van der Waals surface area contributed by atoms with Gasteiger partial charge in [0.15, 0.2) is 0 Å². The second-order valence-corrected chi connectivity index (χ2v) is 8.17. The molecule has 12 heteroatoms. The lowest BCUT2D eigenvalue weighted by Gasteiger charge is -2.44. The lowest BCUT2D eigenvalue weighted by atomic mass is 9.69. The van der Waals surface area contributed by atoms with Crippen LogP contribution < -0.4 is 15.4 Å². The quantitative estimate of drug-likeness (QED) is 0.427. The molecule has 1 saturated carbocycles. The van der Waals surface area contributed by atoms with E-state index in [1.807, 2.05) is 0 Å². The van der Waals surface area contributed by atoms with Crippen LogP contribution in [0.15, 0.2) is 18.2 Å². The number of halogens is 3. The Labute approximate surface area is 188 Å². The summed E-state index contributed by atoms with van der Waals surface area (Å²) in [6, 6.07) is 3.49. The molecular weight excluding hydrogens is 443 g/mol. The molecule has 180 valence electrons. The molecule has 0 unspecified atom stereocenters. The molecule has 0 amide bonds. The van der Waals surface area contributed by atoms with E-state index in [0.717, 1.165) is 25.3 Å². The van der Waals surface area contributed by atoms with E-state index in [1.54, 1.807) is 26.0 Å². The maximum atomic E-state index is 13.4. The predicted octanol–water partition coefficient (Wildman–Crippen LogP) is 4.30. The number of nitro groups is 1. The number of anilines is 2. The zero-order valence-electron chi connectivity index (χ0n) is 18.6. The zero-order valence-corrected chi connectivity index (χ0v) is 18.6. The molecule has 0 atom stereocenters. The van der Waals surface area contributed by atoms with Crippen LogP contribution in [0.2, 0.25) is 0 Å². The highest BCUT2D eigenvalue weighted by atomic mass is 19.4. The van der Waals surface area contributed by atoms with Gasteiger partial charge in [0.1, 0.15) is 11.4 Å². The minimum Gasteiger partial charge on any atom is -0.478 e. The summed E-state index contributed by atoms with van der Waals surface area (Å²) in [4.78, 5) is 20.3. The average Bonchev–Trinajstić information content (AvgIpc) is 2.70. The zero-order chi connectivity index (χ0) is 24.4. The minimum absolute atomic E-state index is 0.0345. The molecule has 1 fully saturated rings. The Balaban J connectivity index is 2.10. The number of nitrogens with zero attached hydrogens (tertiary/aromatic N) is 4. The van der Waals surface area contributed by atoms with Crippen molar-refractivity contribution in [3.63, 3.8) is 0 Å². The Morgan fingerprint density at radius 2 is 1.97 bits per heavy atom. The second kappa shape index (κ2) is 9.38. The van der Waals surface area contributed by atoms with Gasteiger partial charge in [0, 0.05) is 37.7 Å². The smallest absolute Gasteiger partial charge is 0.433 e. The standard InChI is InChI=1S/C21H26F3N5O4/c1-4-33-17-9-13(8-16(27-17)21(22,23)24)14-10-15(18(29(30)31)19(25)26-14)28(2)11-20(12-32-3)6-5-7-20/h8-10H,4-7,11-12H2,1-3H3,(H2,25,26). The lowest BCUT2D eigenvalue weighted by molar-refractivity contribution is -0.383. The number of methoxy groups -OCH3 is 1. The van der Waals surface area contributed by atoms with Gasteiger partial charge in [-0.25, -0.2) is 9.97 Å². The predicted molar refractivity (Wildman–Crippen MR) is 116 cm³/mol. The van der Waals surface area contributed by atoms with Gasteiger partial charge in [-0.15, -0.1) is 0 Å². The van der Waals surface area contributed by atoms with Crippen LogP contribution in [0.5, 0.6) is 5.88 Å². The Bertz CT molecular complexity index is 1030. The SMILES string of the molecule is CCOc1cc(-c2cc(N(C)CC3(COC)CCC3)c([N+](=O)[O-])c(N)n2)cc(C(F)(F)F)n1. The molecule has 33 heavy (non-hydrogen) atoms. The van der Waals surface area contributed by atoms with Gasteiger partial charge in [-0.3, -0.25) is 10.1 Å². The molecule has 1 aliphatic rings. The van der Waals surface area contributed by atoms with Crippen molar-refractivity contribution >= 4 is 17.2 Å². The highest BCUT2D eigenvalue weighted by Gasteiger charge is 2.39. The number of aromatic nitrogens is 2. The molecule has 0 saturated heterocycles. The molecular formula is C21H26F3N5O4. The molecule has 2 aromatic rings. The fourth-order valence-electron chi connectivity index (χ4n) is 4.11. The number of hydrogen-bond acceptors (Lipinski definition) is 8. The molecule has 2 N–H and O–H groups in total. The van der Waals surface area contributed by atoms with Crippen LogP contribution in [0.4, 0.5) is 30.4 Å². The van der Waals surface area contributed by atoms with Gasteiger partial charge < -0.3 is 20.1 Å². The first-order valence-corrected chi connectivity index (χ1v) is 10.4. The van der Waals surface area contributed by atoms with E-state index >= 15 is 0 Å². The summed E-state index contributed by atoms with van der Waals surface area (Å²) in [7, 11) is 3.28. The fourth-order valence-corrected chi connectivity index (χ4v) is 4.11. The molecule has 0 aliphatic heterocycles.